The van der Waals surface area contributed by atoms with Gasteiger partial charge in [-0.25, -0.2) is 0 Å². The van der Waals surface area contributed by atoms with Crippen LogP contribution in [-0.2, 0) is 6.42 Å². The minimum absolute atomic E-state index is 0.409. The molecule has 1 fully saturated rings. The van der Waals surface area contributed by atoms with Gasteiger partial charge in [0.15, 0.2) is 0 Å². The summed E-state index contributed by atoms with van der Waals surface area (Å²) in [6, 6.07) is 6.86. The van der Waals surface area contributed by atoms with Gasteiger partial charge in [0.05, 0.1) is 7.11 Å². The molecule has 0 N–H and O–H groups in total. The molecule has 3 unspecified atom stereocenters. The van der Waals surface area contributed by atoms with Crippen molar-refractivity contribution in [2.45, 2.75) is 79.2 Å². The molecule has 28 heavy (non-hydrogen) atoms. The fourth-order valence-corrected chi connectivity index (χ4v) is 5.71. The maximum Gasteiger partial charge on any atom is 0.134 e. The van der Waals surface area contributed by atoms with Gasteiger partial charge in [0.25, 0.3) is 0 Å². The molecule has 156 valence electrons. The van der Waals surface area contributed by atoms with Crippen LogP contribution in [-0.4, -0.2) is 31.1 Å². The van der Waals surface area contributed by atoms with Crippen LogP contribution in [0, 0.1) is 11.3 Å². The highest BCUT2D eigenvalue weighted by Gasteiger charge is 2.45. The lowest BCUT2D eigenvalue weighted by molar-refractivity contribution is 0.00135. The van der Waals surface area contributed by atoms with Crippen molar-refractivity contribution in [3.63, 3.8) is 0 Å². The molecule has 0 spiro atoms. The highest BCUT2D eigenvalue weighted by molar-refractivity contribution is 5.84. The molecule has 0 aliphatic carbocycles. The van der Waals surface area contributed by atoms with Crippen molar-refractivity contribution < 1.29 is 9.15 Å². The first kappa shape index (κ1) is 21.2. The number of piperidine rings is 1. The first-order valence-corrected chi connectivity index (χ1v) is 11.3. The van der Waals surface area contributed by atoms with Crippen molar-refractivity contribution in [2.24, 2.45) is 11.3 Å². The van der Waals surface area contributed by atoms with Crippen LogP contribution in [0.1, 0.15) is 78.0 Å². The van der Waals surface area contributed by atoms with Gasteiger partial charge in [-0.2, -0.15) is 0 Å². The topological polar surface area (TPSA) is 25.6 Å². The molecule has 1 aromatic heterocycles. The van der Waals surface area contributed by atoms with Crippen molar-refractivity contribution in [3.05, 3.63) is 29.5 Å². The number of hydrogen-bond donors (Lipinski definition) is 0. The summed E-state index contributed by atoms with van der Waals surface area (Å²) in [6.07, 6.45) is 4.80. The molecule has 0 saturated carbocycles. The molecule has 0 bridgehead atoms. The van der Waals surface area contributed by atoms with E-state index < -0.39 is 0 Å². The standard InChI is InChI=1S/C23H33NO2.C2H6/c1-6-15-13-23(3,4)14-24-11-10-18-19-12-16(25-5)8-9-20(19)26-22(18)17(7-2)21(15)24;1-2/h8-9,12,15,17,21H,6-7,10-11,13-14H2,1-5H3;1-2H3. The first-order chi connectivity index (χ1) is 13.5. The fourth-order valence-electron chi connectivity index (χ4n) is 5.71. The van der Waals surface area contributed by atoms with Gasteiger partial charge in [0.2, 0.25) is 0 Å². The third-order valence-electron chi connectivity index (χ3n) is 6.74. The zero-order valence-corrected chi connectivity index (χ0v) is 19.0. The Morgan fingerprint density at radius 3 is 2.57 bits per heavy atom. The number of methoxy groups -OCH3 is 1. The molecule has 0 radical (unpaired) electrons. The van der Waals surface area contributed by atoms with Gasteiger partial charge < -0.3 is 9.15 Å². The number of rotatable bonds is 3. The summed E-state index contributed by atoms with van der Waals surface area (Å²) in [5.74, 6) is 3.41. The van der Waals surface area contributed by atoms with Crippen LogP contribution in [0.5, 0.6) is 5.75 Å². The Bertz CT molecular complexity index is 791. The van der Waals surface area contributed by atoms with E-state index in [-0.39, 0.29) is 0 Å². The van der Waals surface area contributed by atoms with Crippen LogP contribution in [0.2, 0.25) is 0 Å². The maximum absolute atomic E-state index is 6.49. The molecule has 4 rings (SSSR count). The molecular weight excluding hydrogens is 346 g/mol. The van der Waals surface area contributed by atoms with Gasteiger partial charge in [-0.15, -0.1) is 0 Å². The van der Waals surface area contributed by atoms with Gasteiger partial charge in [0, 0.05) is 36.0 Å². The van der Waals surface area contributed by atoms with E-state index in [1.807, 2.05) is 19.9 Å². The molecule has 1 saturated heterocycles. The lowest BCUT2D eigenvalue weighted by atomic mass is 9.70. The number of hydrogen-bond acceptors (Lipinski definition) is 3. The summed E-state index contributed by atoms with van der Waals surface area (Å²) in [4.78, 5) is 2.79. The van der Waals surface area contributed by atoms with Crippen LogP contribution in [0.15, 0.2) is 22.6 Å². The second-order valence-electron chi connectivity index (χ2n) is 9.07. The van der Waals surface area contributed by atoms with E-state index in [2.05, 4.69) is 44.7 Å². The lowest BCUT2D eigenvalue weighted by Crippen LogP contribution is -2.53. The van der Waals surface area contributed by atoms with E-state index in [1.165, 1.54) is 36.1 Å². The van der Waals surface area contributed by atoms with Crippen LogP contribution in [0.3, 0.4) is 0 Å². The Morgan fingerprint density at radius 2 is 1.93 bits per heavy atom. The summed E-state index contributed by atoms with van der Waals surface area (Å²) < 4.78 is 12.0. The Balaban J connectivity index is 0.00000109. The van der Waals surface area contributed by atoms with Crippen LogP contribution < -0.4 is 4.74 Å². The normalized spacial score (nSPS) is 26.6. The quantitative estimate of drug-likeness (QED) is 0.592. The molecule has 2 aromatic rings. The number of ether oxygens (including phenoxy) is 1. The maximum atomic E-state index is 6.49. The average molecular weight is 386 g/mol. The summed E-state index contributed by atoms with van der Waals surface area (Å²) in [5, 5.41) is 1.25. The van der Waals surface area contributed by atoms with E-state index in [0.717, 1.165) is 36.6 Å². The molecule has 3 heteroatoms. The minimum atomic E-state index is 0.409. The second kappa shape index (κ2) is 8.49. The van der Waals surface area contributed by atoms with Crippen LogP contribution in [0.25, 0.3) is 11.0 Å². The van der Waals surface area contributed by atoms with Gasteiger partial charge in [0.1, 0.15) is 17.1 Å². The summed E-state index contributed by atoms with van der Waals surface area (Å²) in [6.45, 7) is 15.9. The van der Waals surface area contributed by atoms with Crippen molar-refractivity contribution in [1.29, 1.82) is 0 Å². The van der Waals surface area contributed by atoms with Crippen molar-refractivity contribution in [1.82, 2.24) is 4.90 Å². The Labute approximate surface area is 171 Å². The SMILES string of the molecule is CC.CCC1CC(C)(C)CN2CCc3c(oc4ccc(OC)cc34)C(CC)C12. The minimum Gasteiger partial charge on any atom is -0.497 e. The van der Waals surface area contributed by atoms with E-state index in [9.17, 15) is 0 Å². The summed E-state index contributed by atoms with van der Waals surface area (Å²) in [7, 11) is 1.74. The Kier molecular flexibility index (Phi) is 6.44. The van der Waals surface area contributed by atoms with Crippen molar-refractivity contribution in [3.8, 4) is 5.75 Å². The largest absolute Gasteiger partial charge is 0.497 e. The number of furan rings is 1. The van der Waals surface area contributed by atoms with E-state index >= 15 is 0 Å². The molecule has 1 aromatic carbocycles. The molecule has 0 amide bonds. The van der Waals surface area contributed by atoms with Gasteiger partial charge in [-0.3, -0.25) is 4.90 Å². The second-order valence-corrected chi connectivity index (χ2v) is 9.07. The summed E-state index contributed by atoms with van der Waals surface area (Å²) >= 11 is 0. The Morgan fingerprint density at radius 1 is 1.18 bits per heavy atom. The highest BCUT2D eigenvalue weighted by atomic mass is 16.5. The van der Waals surface area contributed by atoms with Crippen molar-refractivity contribution >= 4 is 11.0 Å². The third kappa shape index (κ3) is 3.70. The van der Waals surface area contributed by atoms with E-state index in [4.69, 9.17) is 9.15 Å². The highest BCUT2D eigenvalue weighted by Crippen LogP contribution is 2.47. The van der Waals surface area contributed by atoms with Gasteiger partial charge >= 0.3 is 0 Å². The smallest absolute Gasteiger partial charge is 0.134 e. The fraction of sp³-hybridized carbons (Fsp3) is 0.680. The third-order valence-corrected chi connectivity index (χ3v) is 6.74. The van der Waals surface area contributed by atoms with Crippen LogP contribution >= 0.6 is 0 Å². The number of benzene rings is 1. The van der Waals surface area contributed by atoms with Gasteiger partial charge in [-0.05, 0) is 48.8 Å². The molecule has 2 aliphatic heterocycles. The molecule has 3 heterocycles. The van der Waals surface area contributed by atoms with Gasteiger partial charge in [-0.1, -0.05) is 48.0 Å². The first-order valence-electron chi connectivity index (χ1n) is 11.3. The predicted molar refractivity (Wildman–Crippen MR) is 118 cm³/mol. The molecular formula is C25H39NO2. The average Bonchev–Trinajstić information content (AvgIpc) is 2.98. The molecule has 3 atom stereocenters. The number of nitrogens with zero attached hydrogens (tertiary/aromatic N) is 1. The van der Waals surface area contributed by atoms with E-state index in [1.54, 1.807) is 7.11 Å². The molecule has 2 aliphatic rings. The Hall–Kier alpha value is -1.48. The van der Waals surface area contributed by atoms with Crippen molar-refractivity contribution in [2.75, 3.05) is 20.2 Å². The lowest BCUT2D eigenvalue weighted by Gasteiger charge is -2.50. The monoisotopic (exact) mass is 385 g/mol. The predicted octanol–water partition coefficient (Wildman–Crippen LogP) is 6.64. The van der Waals surface area contributed by atoms with Crippen LogP contribution in [0.4, 0.5) is 0 Å². The summed E-state index contributed by atoms with van der Waals surface area (Å²) in [5.41, 5.74) is 2.85. The zero-order chi connectivity index (χ0) is 20.5. The molecule has 3 nitrogen and oxygen atoms in total. The number of fused-ring (bicyclic) bond motifs is 4. The zero-order valence-electron chi connectivity index (χ0n) is 19.0. The van der Waals surface area contributed by atoms with E-state index in [0.29, 0.717) is 17.4 Å².